The number of piperidine rings is 1. The minimum atomic E-state index is 0.707. The van der Waals surface area contributed by atoms with Gasteiger partial charge in [-0.2, -0.15) is 0 Å². The minimum absolute atomic E-state index is 0.707. The molecule has 1 aliphatic heterocycles. The zero-order valence-corrected chi connectivity index (χ0v) is 13.4. The molecule has 21 heavy (non-hydrogen) atoms. The predicted molar refractivity (Wildman–Crippen MR) is 90.8 cm³/mol. The quantitative estimate of drug-likeness (QED) is 0.892. The minimum Gasteiger partial charge on any atom is -0.371 e. The Morgan fingerprint density at radius 3 is 2.29 bits per heavy atom. The zero-order chi connectivity index (χ0) is 14.5. The molecule has 1 atom stereocenters. The van der Waals surface area contributed by atoms with E-state index in [0.717, 1.165) is 12.0 Å². The molecule has 2 nitrogen and oxygen atoms in total. The van der Waals surface area contributed by atoms with Crippen molar-refractivity contribution in [1.82, 2.24) is 5.32 Å². The van der Waals surface area contributed by atoms with E-state index in [9.17, 15) is 0 Å². The summed E-state index contributed by atoms with van der Waals surface area (Å²) >= 11 is 0. The number of nitrogens with one attached hydrogen (secondary N) is 1. The number of nitrogens with zero attached hydrogens (tertiary/aromatic N) is 1. The molecule has 2 heteroatoms. The first-order chi connectivity index (χ1) is 10.3. The molecule has 2 fully saturated rings. The van der Waals surface area contributed by atoms with Gasteiger partial charge in [0.1, 0.15) is 0 Å². The lowest BCUT2D eigenvalue weighted by Crippen LogP contribution is -2.47. The summed E-state index contributed by atoms with van der Waals surface area (Å²) in [4.78, 5) is 2.53. The van der Waals surface area contributed by atoms with Gasteiger partial charge in [0.05, 0.1) is 0 Å². The second-order valence-electron chi connectivity index (χ2n) is 6.95. The van der Waals surface area contributed by atoms with Crippen LogP contribution in [0, 0.1) is 5.92 Å². The van der Waals surface area contributed by atoms with Crippen molar-refractivity contribution in [2.45, 2.75) is 64.0 Å². The highest BCUT2D eigenvalue weighted by molar-refractivity contribution is 5.46. The molecule has 0 radical (unpaired) electrons. The van der Waals surface area contributed by atoms with Gasteiger partial charge >= 0.3 is 0 Å². The molecule has 0 unspecified atom stereocenters. The number of hydrogen-bond acceptors (Lipinski definition) is 2. The average molecular weight is 286 g/mol. The van der Waals surface area contributed by atoms with Gasteiger partial charge in [0.2, 0.25) is 0 Å². The van der Waals surface area contributed by atoms with Crippen LogP contribution in [0.15, 0.2) is 30.3 Å². The standard InChI is InChI=1S/C19H30N2/c1-16(17-8-4-2-5-9-17)20-18-12-14-21(15-13-18)19-10-6-3-7-11-19/h3,6-7,10-11,16-18,20H,2,4-5,8-9,12-15H2,1H3/t16-/m1/s1. The molecule has 2 aliphatic rings. The third-order valence-electron chi connectivity index (χ3n) is 5.47. The molecule has 0 spiro atoms. The lowest BCUT2D eigenvalue weighted by atomic mass is 9.84. The summed E-state index contributed by atoms with van der Waals surface area (Å²) in [7, 11) is 0. The Morgan fingerprint density at radius 1 is 0.952 bits per heavy atom. The normalized spacial score (nSPS) is 23.2. The fourth-order valence-electron chi connectivity index (χ4n) is 4.09. The van der Waals surface area contributed by atoms with Gasteiger partial charge in [0.25, 0.3) is 0 Å². The van der Waals surface area contributed by atoms with Crippen LogP contribution in [0.1, 0.15) is 51.9 Å². The molecule has 116 valence electrons. The third kappa shape index (κ3) is 4.00. The molecular formula is C19H30N2. The van der Waals surface area contributed by atoms with E-state index in [2.05, 4.69) is 47.5 Å². The third-order valence-corrected chi connectivity index (χ3v) is 5.47. The number of rotatable bonds is 4. The van der Waals surface area contributed by atoms with Crippen molar-refractivity contribution in [2.24, 2.45) is 5.92 Å². The van der Waals surface area contributed by atoms with E-state index < -0.39 is 0 Å². The van der Waals surface area contributed by atoms with E-state index in [4.69, 9.17) is 0 Å². The van der Waals surface area contributed by atoms with E-state index in [0.29, 0.717) is 6.04 Å². The van der Waals surface area contributed by atoms with Gasteiger partial charge in [-0.1, -0.05) is 37.5 Å². The molecule has 1 aromatic carbocycles. The van der Waals surface area contributed by atoms with Crippen LogP contribution >= 0.6 is 0 Å². The van der Waals surface area contributed by atoms with Gasteiger partial charge in [0, 0.05) is 30.9 Å². The highest BCUT2D eigenvalue weighted by Crippen LogP contribution is 2.27. The fraction of sp³-hybridized carbons (Fsp3) is 0.684. The molecule has 1 saturated carbocycles. The summed E-state index contributed by atoms with van der Waals surface area (Å²) in [5, 5.41) is 3.93. The second-order valence-corrected chi connectivity index (χ2v) is 6.95. The van der Waals surface area contributed by atoms with Crippen LogP contribution in [0.4, 0.5) is 5.69 Å². The molecule has 1 saturated heterocycles. The Kier molecular flexibility index (Phi) is 5.18. The van der Waals surface area contributed by atoms with E-state index >= 15 is 0 Å². The number of benzene rings is 1. The Hall–Kier alpha value is -1.02. The van der Waals surface area contributed by atoms with Crippen molar-refractivity contribution in [1.29, 1.82) is 0 Å². The molecule has 0 amide bonds. The van der Waals surface area contributed by atoms with Crippen LogP contribution in [0.2, 0.25) is 0 Å². The summed E-state index contributed by atoms with van der Waals surface area (Å²) in [5.41, 5.74) is 1.39. The van der Waals surface area contributed by atoms with E-state index in [1.54, 1.807) is 0 Å². The first-order valence-corrected chi connectivity index (χ1v) is 8.89. The lowest BCUT2D eigenvalue weighted by Gasteiger charge is -2.37. The number of anilines is 1. The van der Waals surface area contributed by atoms with Crippen molar-refractivity contribution in [3.63, 3.8) is 0 Å². The van der Waals surface area contributed by atoms with E-state index in [1.807, 2.05) is 0 Å². The molecule has 0 bridgehead atoms. The highest BCUT2D eigenvalue weighted by atomic mass is 15.1. The van der Waals surface area contributed by atoms with Crippen LogP contribution < -0.4 is 10.2 Å². The van der Waals surface area contributed by atoms with Gasteiger partial charge in [-0.3, -0.25) is 0 Å². The van der Waals surface area contributed by atoms with Gasteiger partial charge in [-0.25, -0.2) is 0 Å². The van der Waals surface area contributed by atoms with Gasteiger partial charge < -0.3 is 10.2 Å². The predicted octanol–water partition coefficient (Wildman–Crippen LogP) is 4.21. The van der Waals surface area contributed by atoms with Crippen LogP contribution in [-0.4, -0.2) is 25.2 Å². The zero-order valence-electron chi connectivity index (χ0n) is 13.4. The van der Waals surface area contributed by atoms with E-state index in [-0.39, 0.29) is 0 Å². The monoisotopic (exact) mass is 286 g/mol. The molecule has 1 N–H and O–H groups in total. The molecule has 1 heterocycles. The summed E-state index contributed by atoms with van der Waals surface area (Å²) < 4.78 is 0. The Morgan fingerprint density at radius 2 is 1.62 bits per heavy atom. The Bertz CT molecular complexity index is 403. The highest BCUT2D eigenvalue weighted by Gasteiger charge is 2.25. The maximum absolute atomic E-state index is 3.93. The maximum atomic E-state index is 3.93. The van der Waals surface area contributed by atoms with Crippen LogP contribution in [0.3, 0.4) is 0 Å². The van der Waals surface area contributed by atoms with E-state index in [1.165, 1.54) is 63.7 Å². The van der Waals surface area contributed by atoms with Crippen molar-refractivity contribution in [3.8, 4) is 0 Å². The summed E-state index contributed by atoms with van der Waals surface area (Å²) in [6.45, 7) is 4.80. The van der Waals surface area contributed by atoms with Gasteiger partial charge in [0.15, 0.2) is 0 Å². The molecule has 1 aliphatic carbocycles. The smallest absolute Gasteiger partial charge is 0.0366 e. The molecule has 3 rings (SSSR count). The molecular weight excluding hydrogens is 256 g/mol. The first kappa shape index (κ1) is 14.9. The largest absolute Gasteiger partial charge is 0.371 e. The fourth-order valence-corrected chi connectivity index (χ4v) is 4.09. The average Bonchev–Trinajstić information content (AvgIpc) is 2.57. The van der Waals surface area contributed by atoms with Crippen molar-refractivity contribution >= 4 is 5.69 Å². The molecule has 1 aromatic rings. The van der Waals surface area contributed by atoms with Crippen molar-refractivity contribution < 1.29 is 0 Å². The lowest BCUT2D eigenvalue weighted by molar-refractivity contribution is 0.251. The first-order valence-electron chi connectivity index (χ1n) is 8.89. The number of para-hydroxylation sites is 1. The SMILES string of the molecule is C[C@@H](NC1CCN(c2ccccc2)CC1)C1CCCCC1. The summed E-state index contributed by atoms with van der Waals surface area (Å²) in [6.07, 6.45) is 9.80. The summed E-state index contributed by atoms with van der Waals surface area (Å²) in [5.74, 6) is 0.922. The van der Waals surface area contributed by atoms with Gasteiger partial charge in [-0.15, -0.1) is 0 Å². The van der Waals surface area contributed by atoms with Crippen LogP contribution in [-0.2, 0) is 0 Å². The Labute approximate surface area is 129 Å². The van der Waals surface area contributed by atoms with Crippen LogP contribution in [0.25, 0.3) is 0 Å². The molecule has 0 aromatic heterocycles. The van der Waals surface area contributed by atoms with Crippen molar-refractivity contribution in [3.05, 3.63) is 30.3 Å². The number of hydrogen-bond donors (Lipinski definition) is 1. The maximum Gasteiger partial charge on any atom is 0.0366 e. The summed E-state index contributed by atoms with van der Waals surface area (Å²) in [6, 6.07) is 12.3. The van der Waals surface area contributed by atoms with Crippen molar-refractivity contribution in [2.75, 3.05) is 18.0 Å². The Balaban J connectivity index is 1.45. The van der Waals surface area contributed by atoms with Gasteiger partial charge in [-0.05, 0) is 50.7 Å². The topological polar surface area (TPSA) is 15.3 Å². The van der Waals surface area contributed by atoms with Crippen LogP contribution in [0.5, 0.6) is 0 Å². The second kappa shape index (κ2) is 7.31.